The monoisotopic (exact) mass is 307 g/mol. The van der Waals surface area contributed by atoms with Crippen LogP contribution < -0.4 is 4.74 Å². The molecular formula is C14H13NO5S. The second-order valence-corrected chi connectivity index (χ2v) is 5.21. The summed E-state index contributed by atoms with van der Waals surface area (Å²) < 4.78 is 5.18. The highest BCUT2D eigenvalue weighted by Crippen LogP contribution is 2.33. The molecule has 1 heterocycles. The number of carbonyl (C=O) groups is 3. The van der Waals surface area contributed by atoms with Crippen LogP contribution in [0.2, 0.25) is 0 Å². The average Bonchev–Trinajstić information content (AvgIpc) is 2.72. The Kier molecular flexibility index (Phi) is 4.64. The molecule has 1 N–H and O–H groups in total. The van der Waals surface area contributed by atoms with Gasteiger partial charge in [0.05, 0.1) is 18.4 Å². The summed E-state index contributed by atoms with van der Waals surface area (Å²) in [5, 5.41) is 8.17. The molecule has 21 heavy (non-hydrogen) atoms. The number of carboxylic acid groups (broad SMARTS) is 1. The van der Waals surface area contributed by atoms with E-state index in [9.17, 15) is 14.4 Å². The Morgan fingerprint density at radius 3 is 2.76 bits per heavy atom. The summed E-state index contributed by atoms with van der Waals surface area (Å²) in [6.07, 6.45) is 1.31. The van der Waals surface area contributed by atoms with Gasteiger partial charge in [0.15, 0.2) is 0 Å². The zero-order valence-corrected chi connectivity index (χ0v) is 12.1. The summed E-state index contributed by atoms with van der Waals surface area (Å²) in [6.45, 7) is -0.122. The summed E-state index contributed by atoms with van der Waals surface area (Å²) in [7, 11) is 1.52. The standard InChI is InChI=1S/C14H13NO5S/c1-20-10-5-3-2-4-9(10)8-11-13(18)15(14(19)21-11)7-6-12(16)17/h2-5,8H,6-7H2,1H3,(H,16,17)/b11-8+. The molecule has 0 bridgehead atoms. The van der Waals surface area contributed by atoms with Crippen LogP contribution >= 0.6 is 11.8 Å². The summed E-state index contributed by atoms with van der Waals surface area (Å²) >= 11 is 0.798. The topological polar surface area (TPSA) is 83.9 Å². The molecule has 0 unspecified atom stereocenters. The van der Waals surface area contributed by atoms with Gasteiger partial charge in [-0.1, -0.05) is 18.2 Å². The SMILES string of the molecule is COc1ccccc1/C=C1/SC(=O)N(CCC(=O)O)C1=O. The van der Waals surface area contributed by atoms with Crippen molar-refractivity contribution in [1.29, 1.82) is 0 Å². The van der Waals surface area contributed by atoms with Gasteiger partial charge >= 0.3 is 5.97 Å². The molecule has 110 valence electrons. The number of rotatable bonds is 5. The van der Waals surface area contributed by atoms with Crippen LogP contribution in [0, 0.1) is 0 Å². The smallest absolute Gasteiger partial charge is 0.305 e. The zero-order chi connectivity index (χ0) is 15.4. The van der Waals surface area contributed by atoms with E-state index >= 15 is 0 Å². The van der Waals surface area contributed by atoms with Crippen molar-refractivity contribution in [2.24, 2.45) is 0 Å². The van der Waals surface area contributed by atoms with Gasteiger partial charge in [0, 0.05) is 12.1 Å². The van der Waals surface area contributed by atoms with E-state index in [2.05, 4.69) is 0 Å². The molecule has 6 nitrogen and oxygen atoms in total. The maximum absolute atomic E-state index is 12.1. The third-order valence-corrected chi connectivity index (χ3v) is 3.76. The quantitative estimate of drug-likeness (QED) is 0.840. The van der Waals surface area contributed by atoms with Crippen LogP contribution in [-0.2, 0) is 9.59 Å². The second kappa shape index (κ2) is 6.45. The normalized spacial score (nSPS) is 16.6. The lowest BCUT2D eigenvalue weighted by molar-refractivity contribution is -0.137. The molecule has 0 spiro atoms. The Morgan fingerprint density at radius 2 is 2.10 bits per heavy atom. The number of carbonyl (C=O) groups excluding carboxylic acids is 2. The predicted molar refractivity (Wildman–Crippen MR) is 77.9 cm³/mol. The molecule has 1 aliphatic heterocycles. The lowest BCUT2D eigenvalue weighted by Gasteiger charge is -2.10. The van der Waals surface area contributed by atoms with E-state index < -0.39 is 17.1 Å². The highest BCUT2D eigenvalue weighted by atomic mass is 32.2. The number of imide groups is 1. The number of hydrogen-bond donors (Lipinski definition) is 1. The van der Waals surface area contributed by atoms with E-state index in [1.54, 1.807) is 30.3 Å². The van der Waals surface area contributed by atoms with E-state index in [1.165, 1.54) is 7.11 Å². The van der Waals surface area contributed by atoms with Gasteiger partial charge in [-0.05, 0) is 23.9 Å². The van der Waals surface area contributed by atoms with Crippen molar-refractivity contribution in [3.63, 3.8) is 0 Å². The van der Waals surface area contributed by atoms with Gasteiger partial charge in [-0.3, -0.25) is 19.3 Å². The fraction of sp³-hybridized carbons (Fsp3) is 0.214. The van der Waals surface area contributed by atoms with Crippen molar-refractivity contribution in [2.45, 2.75) is 6.42 Å². The number of aliphatic carboxylic acids is 1. The largest absolute Gasteiger partial charge is 0.496 e. The molecule has 1 aromatic rings. The molecule has 0 aliphatic carbocycles. The van der Waals surface area contributed by atoms with Crippen LogP contribution in [0.15, 0.2) is 29.2 Å². The number of para-hydroxylation sites is 1. The van der Waals surface area contributed by atoms with Gasteiger partial charge in [-0.15, -0.1) is 0 Å². The van der Waals surface area contributed by atoms with Crippen LogP contribution in [0.4, 0.5) is 4.79 Å². The van der Waals surface area contributed by atoms with Crippen LogP contribution in [0.5, 0.6) is 5.75 Å². The molecule has 2 rings (SSSR count). The van der Waals surface area contributed by atoms with Crippen molar-refractivity contribution in [3.05, 3.63) is 34.7 Å². The molecule has 0 atom stereocenters. The van der Waals surface area contributed by atoms with Crippen molar-refractivity contribution in [1.82, 2.24) is 4.90 Å². The number of hydrogen-bond acceptors (Lipinski definition) is 5. The van der Waals surface area contributed by atoms with Crippen molar-refractivity contribution in [3.8, 4) is 5.75 Å². The molecule has 2 amide bonds. The zero-order valence-electron chi connectivity index (χ0n) is 11.2. The van der Waals surface area contributed by atoms with E-state index in [-0.39, 0.29) is 17.9 Å². The molecule has 0 saturated carbocycles. The number of amides is 2. The Labute approximate surface area is 125 Å². The fourth-order valence-electron chi connectivity index (χ4n) is 1.83. The maximum Gasteiger partial charge on any atom is 0.305 e. The van der Waals surface area contributed by atoms with Gasteiger partial charge in [0.25, 0.3) is 11.1 Å². The predicted octanol–water partition coefficient (Wildman–Crippen LogP) is 2.21. The fourth-order valence-corrected chi connectivity index (χ4v) is 2.68. The Morgan fingerprint density at radius 1 is 1.38 bits per heavy atom. The minimum Gasteiger partial charge on any atom is -0.496 e. The first-order chi connectivity index (χ1) is 10.0. The molecule has 1 fully saturated rings. The van der Waals surface area contributed by atoms with Gasteiger partial charge in [-0.2, -0.15) is 0 Å². The number of nitrogens with zero attached hydrogens (tertiary/aromatic N) is 1. The molecule has 0 aromatic heterocycles. The van der Waals surface area contributed by atoms with E-state index in [0.29, 0.717) is 11.3 Å². The van der Waals surface area contributed by atoms with Crippen molar-refractivity contribution >= 4 is 35.0 Å². The Balaban J connectivity index is 2.22. The number of carboxylic acids is 1. The van der Waals surface area contributed by atoms with Crippen LogP contribution in [0.1, 0.15) is 12.0 Å². The van der Waals surface area contributed by atoms with Gasteiger partial charge in [-0.25, -0.2) is 0 Å². The third-order valence-electron chi connectivity index (χ3n) is 2.85. The molecule has 7 heteroatoms. The minimum absolute atomic E-state index is 0.122. The number of ether oxygens (including phenoxy) is 1. The lowest BCUT2D eigenvalue weighted by atomic mass is 10.2. The highest BCUT2D eigenvalue weighted by Gasteiger charge is 2.35. The first-order valence-electron chi connectivity index (χ1n) is 6.13. The van der Waals surface area contributed by atoms with E-state index in [1.807, 2.05) is 0 Å². The summed E-state index contributed by atoms with van der Waals surface area (Å²) in [6, 6.07) is 7.11. The first kappa shape index (κ1) is 15.1. The number of benzene rings is 1. The molecule has 1 aliphatic rings. The van der Waals surface area contributed by atoms with Gasteiger partial charge < -0.3 is 9.84 Å². The third kappa shape index (κ3) is 3.43. The summed E-state index contributed by atoms with van der Waals surface area (Å²) in [4.78, 5) is 35.6. The molecule has 1 aromatic carbocycles. The van der Waals surface area contributed by atoms with Crippen molar-refractivity contribution < 1.29 is 24.2 Å². The van der Waals surface area contributed by atoms with E-state index in [0.717, 1.165) is 16.7 Å². The molecule has 1 saturated heterocycles. The average molecular weight is 307 g/mol. The van der Waals surface area contributed by atoms with Gasteiger partial charge in [0.2, 0.25) is 0 Å². The lowest BCUT2D eigenvalue weighted by Crippen LogP contribution is -2.30. The maximum atomic E-state index is 12.1. The first-order valence-corrected chi connectivity index (χ1v) is 6.94. The Hall–Kier alpha value is -2.28. The van der Waals surface area contributed by atoms with Crippen LogP contribution in [0.25, 0.3) is 6.08 Å². The van der Waals surface area contributed by atoms with E-state index in [4.69, 9.17) is 9.84 Å². The summed E-state index contributed by atoms with van der Waals surface area (Å²) in [5.74, 6) is -0.935. The van der Waals surface area contributed by atoms with Gasteiger partial charge in [0.1, 0.15) is 5.75 Å². The Bertz CT molecular complexity index is 626. The minimum atomic E-state index is -1.05. The summed E-state index contributed by atoms with van der Waals surface area (Å²) in [5.41, 5.74) is 0.684. The molecular weight excluding hydrogens is 294 g/mol. The number of methoxy groups -OCH3 is 1. The molecule has 0 radical (unpaired) electrons. The van der Waals surface area contributed by atoms with Crippen LogP contribution in [0.3, 0.4) is 0 Å². The highest BCUT2D eigenvalue weighted by molar-refractivity contribution is 8.18. The number of thioether (sulfide) groups is 1. The second-order valence-electron chi connectivity index (χ2n) is 4.22. The van der Waals surface area contributed by atoms with Crippen molar-refractivity contribution in [2.75, 3.05) is 13.7 Å². The van der Waals surface area contributed by atoms with Crippen LogP contribution in [-0.4, -0.2) is 40.8 Å².